The molecule has 3 aromatic rings. The monoisotopic (exact) mass is 496 g/mol. The summed E-state index contributed by atoms with van der Waals surface area (Å²) in [5, 5.41) is 0. The van der Waals surface area contributed by atoms with Crippen LogP contribution in [0.1, 0.15) is 49.3 Å². The summed E-state index contributed by atoms with van der Waals surface area (Å²) in [7, 11) is 0. The third-order valence-corrected chi connectivity index (χ3v) is 5.34. The zero-order valence-corrected chi connectivity index (χ0v) is 18.5. The molecule has 0 amide bonds. The summed E-state index contributed by atoms with van der Waals surface area (Å²) >= 11 is 0. The predicted molar refractivity (Wildman–Crippen MR) is 120 cm³/mol. The van der Waals surface area contributed by atoms with Crippen molar-refractivity contribution in [2.75, 3.05) is 0 Å². The molecule has 8 heteroatoms. The van der Waals surface area contributed by atoms with E-state index < -0.39 is 52.1 Å². The largest absolute Gasteiger partial charge is 0.209 e. The van der Waals surface area contributed by atoms with Crippen LogP contribution in [0.4, 0.5) is 35.1 Å². The van der Waals surface area contributed by atoms with E-state index in [0.717, 1.165) is 49.2 Å². The van der Waals surface area contributed by atoms with Crippen LogP contribution in [0, 0.1) is 23.3 Å². The van der Waals surface area contributed by atoms with E-state index >= 15 is 0 Å². The summed E-state index contributed by atoms with van der Waals surface area (Å²) in [5.41, 5.74) is -1.62. The minimum Gasteiger partial charge on any atom is -0.209 e. The van der Waals surface area contributed by atoms with E-state index in [1.165, 1.54) is 0 Å². The highest BCUT2D eigenvalue weighted by Crippen LogP contribution is 2.34. The van der Waals surface area contributed by atoms with Crippen LogP contribution in [-0.4, -0.2) is 0 Å². The minimum atomic E-state index is -1.72. The van der Waals surface area contributed by atoms with Crippen LogP contribution in [0.3, 0.4) is 0 Å². The molecule has 0 fully saturated rings. The Morgan fingerprint density at radius 3 is 1.66 bits per heavy atom. The standard InChI is InChI=1S/C27H20F8/c1-2-3-4-5-20(28)24(32)15-6-8-16(9-7-15)25(33)26(34)17-10-11-19(21(29)12-17)18-13-22(30)27(35)23(31)14-18/h6-14H,2-5H2,1H3. The number of hydrogen-bond donors (Lipinski definition) is 0. The molecule has 0 aliphatic heterocycles. The Bertz CT molecular complexity index is 1250. The number of halogens is 8. The molecular weight excluding hydrogens is 476 g/mol. The maximum atomic E-state index is 14.7. The Morgan fingerprint density at radius 2 is 1.11 bits per heavy atom. The molecule has 0 saturated heterocycles. The lowest BCUT2D eigenvalue weighted by molar-refractivity contribution is 0.447. The van der Waals surface area contributed by atoms with Crippen molar-refractivity contribution in [3.05, 3.63) is 100 Å². The van der Waals surface area contributed by atoms with Crippen LogP contribution in [0.2, 0.25) is 0 Å². The SMILES string of the molecule is CCCCCC(F)=C(F)c1ccc(C(F)=C(F)c2ccc(-c3cc(F)c(F)c(F)c3)c(F)c2)cc1. The molecule has 3 aromatic carbocycles. The Kier molecular flexibility index (Phi) is 8.48. The smallest absolute Gasteiger partial charge is 0.194 e. The van der Waals surface area contributed by atoms with E-state index in [1.54, 1.807) is 0 Å². The van der Waals surface area contributed by atoms with E-state index in [4.69, 9.17) is 0 Å². The van der Waals surface area contributed by atoms with Gasteiger partial charge >= 0.3 is 0 Å². The molecule has 0 nitrogen and oxygen atoms in total. The van der Waals surface area contributed by atoms with Crippen molar-refractivity contribution in [3.63, 3.8) is 0 Å². The number of allylic oxidation sites excluding steroid dienone is 1. The normalized spacial score (nSPS) is 12.9. The summed E-state index contributed by atoms with van der Waals surface area (Å²) in [6.07, 6.45) is 2.00. The summed E-state index contributed by atoms with van der Waals surface area (Å²) in [6.45, 7) is 1.93. The van der Waals surface area contributed by atoms with E-state index in [1.807, 2.05) is 6.92 Å². The van der Waals surface area contributed by atoms with Gasteiger partial charge in [0.15, 0.2) is 34.9 Å². The van der Waals surface area contributed by atoms with Gasteiger partial charge in [0.05, 0.1) is 0 Å². The van der Waals surface area contributed by atoms with Crippen LogP contribution < -0.4 is 0 Å². The Labute approximate surface area is 197 Å². The lowest BCUT2D eigenvalue weighted by atomic mass is 10.0. The van der Waals surface area contributed by atoms with Gasteiger partial charge in [-0.15, -0.1) is 0 Å². The van der Waals surface area contributed by atoms with E-state index in [2.05, 4.69) is 0 Å². The zero-order valence-electron chi connectivity index (χ0n) is 18.5. The van der Waals surface area contributed by atoms with Crippen LogP contribution in [-0.2, 0) is 0 Å². The van der Waals surface area contributed by atoms with Crippen molar-refractivity contribution in [2.24, 2.45) is 0 Å². The third-order valence-electron chi connectivity index (χ3n) is 5.34. The van der Waals surface area contributed by atoms with Crippen LogP contribution in [0.5, 0.6) is 0 Å². The first kappa shape index (κ1) is 26.2. The van der Waals surface area contributed by atoms with E-state index in [-0.39, 0.29) is 28.7 Å². The van der Waals surface area contributed by atoms with Crippen molar-refractivity contribution in [3.8, 4) is 11.1 Å². The molecule has 0 bridgehead atoms. The molecule has 0 aliphatic carbocycles. The van der Waals surface area contributed by atoms with Crippen LogP contribution in [0.15, 0.2) is 60.4 Å². The molecule has 35 heavy (non-hydrogen) atoms. The molecule has 0 saturated carbocycles. The first-order chi connectivity index (χ1) is 16.6. The average Bonchev–Trinajstić information content (AvgIpc) is 2.85. The number of hydrogen-bond acceptors (Lipinski definition) is 0. The topological polar surface area (TPSA) is 0 Å². The highest BCUT2D eigenvalue weighted by Gasteiger charge is 2.18. The first-order valence-corrected chi connectivity index (χ1v) is 10.8. The van der Waals surface area contributed by atoms with Gasteiger partial charge in [0.1, 0.15) is 11.6 Å². The summed E-state index contributed by atoms with van der Waals surface area (Å²) in [6, 6.07) is 8.01. The maximum absolute atomic E-state index is 14.7. The third kappa shape index (κ3) is 5.99. The van der Waals surface area contributed by atoms with Crippen LogP contribution in [0.25, 0.3) is 28.6 Å². The fourth-order valence-corrected chi connectivity index (χ4v) is 3.41. The second kappa shape index (κ2) is 11.3. The van der Waals surface area contributed by atoms with Gasteiger partial charge in [-0.2, -0.15) is 0 Å². The Hall–Kier alpha value is -3.42. The van der Waals surface area contributed by atoms with Crippen molar-refractivity contribution >= 4 is 17.5 Å². The Balaban J connectivity index is 1.86. The second-order valence-electron chi connectivity index (χ2n) is 7.83. The maximum Gasteiger partial charge on any atom is 0.194 e. The second-order valence-corrected chi connectivity index (χ2v) is 7.83. The molecule has 0 aromatic heterocycles. The lowest BCUT2D eigenvalue weighted by Crippen LogP contribution is -1.94. The fourth-order valence-electron chi connectivity index (χ4n) is 3.41. The van der Waals surface area contributed by atoms with Gasteiger partial charge in [0.2, 0.25) is 0 Å². The number of rotatable bonds is 8. The lowest BCUT2D eigenvalue weighted by Gasteiger charge is -2.08. The molecule has 0 atom stereocenters. The van der Waals surface area contributed by atoms with Crippen molar-refractivity contribution in [1.82, 2.24) is 0 Å². The van der Waals surface area contributed by atoms with Crippen molar-refractivity contribution in [2.45, 2.75) is 32.6 Å². The van der Waals surface area contributed by atoms with Crippen molar-refractivity contribution in [1.29, 1.82) is 0 Å². The molecule has 0 heterocycles. The highest BCUT2D eigenvalue weighted by molar-refractivity contribution is 5.84. The zero-order chi connectivity index (χ0) is 25.7. The van der Waals surface area contributed by atoms with E-state index in [0.29, 0.717) is 24.6 Å². The van der Waals surface area contributed by atoms with Gasteiger partial charge in [0, 0.05) is 28.7 Å². The highest BCUT2D eigenvalue weighted by atomic mass is 19.2. The van der Waals surface area contributed by atoms with Gasteiger partial charge in [-0.05, 0) is 30.2 Å². The number of unbranched alkanes of at least 4 members (excludes halogenated alkanes) is 2. The molecular formula is C27H20F8. The molecule has 0 N–H and O–H groups in total. The van der Waals surface area contributed by atoms with Gasteiger partial charge in [0.25, 0.3) is 0 Å². The molecule has 0 unspecified atom stereocenters. The summed E-state index contributed by atoms with van der Waals surface area (Å²) in [5.74, 6) is -10.7. The fraction of sp³-hybridized carbons (Fsp3) is 0.185. The summed E-state index contributed by atoms with van der Waals surface area (Å²) < 4.78 is 112. The van der Waals surface area contributed by atoms with Gasteiger partial charge in [-0.1, -0.05) is 56.2 Å². The molecule has 0 aliphatic rings. The van der Waals surface area contributed by atoms with Gasteiger partial charge < -0.3 is 0 Å². The molecule has 0 radical (unpaired) electrons. The van der Waals surface area contributed by atoms with Crippen molar-refractivity contribution < 1.29 is 35.1 Å². The minimum absolute atomic E-state index is 0.0664. The van der Waals surface area contributed by atoms with E-state index in [9.17, 15) is 35.1 Å². The first-order valence-electron chi connectivity index (χ1n) is 10.8. The number of benzene rings is 3. The quantitative estimate of drug-likeness (QED) is 0.126. The molecule has 0 spiro atoms. The molecule has 184 valence electrons. The van der Waals surface area contributed by atoms with Gasteiger partial charge in [-0.3, -0.25) is 0 Å². The molecule has 3 rings (SSSR count). The average molecular weight is 496 g/mol. The van der Waals surface area contributed by atoms with Crippen LogP contribution >= 0.6 is 0 Å². The predicted octanol–water partition coefficient (Wildman–Crippen LogP) is 9.86. The van der Waals surface area contributed by atoms with Gasteiger partial charge in [-0.25, -0.2) is 35.1 Å². The Morgan fingerprint density at radius 1 is 0.600 bits per heavy atom. The summed E-state index contributed by atoms with van der Waals surface area (Å²) in [4.78, 5) is 0.